The summed E-state index contributed by atoms with van der Waals surface area (Å²) in [6.45, 7) is 4.16. The molecule has 3 aromatic heterocycles. The van der Waals surface area contributed by atoms with Gasteiger partial charge in [0, 0.05) is 23.8 Å². The highest BCUT2D eigenvalue weighted by molar-refractivity contribution is 7.98. The number of nitrogens with zero attached hydrogens (tertiary/aromatic N) is 5. The molecule has 0 aliphatic heterocycles. The van der Waals surface area contributed by atoms with Gasteiger partial charge in [-0.3, -0.25) is 4.68 Å². The van der Waals surface area contributed by atoms with Crippen molar-refractivity contribution in [2.45, 2.75) is 24.6 Å². The third-order valence-corrected chi connectivity index (χ3v) is 5.78. The van der Waals surface area contributed by atoms with Crippen LogP contribution in [0, 0.1) is 13.8 Å². The number of halogens is 1. The lowest BCUT2D eigenvalue weighted by atomic mass is 10.0. The van der Waals surface area contributed by atoms with Crippen LogP contribution in [0.25, 0.3) is 21.9 Å². The van der Waals surface area contributed by atoms with Gasteiger partial charge in [-0.2, -0.15) is 5.10 Å². The molecule has 4 rings (SSSR count). The number of aromatic nitrogens is 5. The highest BCUT2D eigenvalue weighted by Gasteiger charge is 2.12. The van der Waals surface area contributed by atoms with E-state index >= 15 is 0 Å². The van der Waals surface area contributed by atoms with Gasteiger partial charge >= 0.3 is 0 Å². The van der Waals surface area contributed by atoms with Crippen LogP contribution in [0.1, 0.15) is 16.7 Å². The number of rotatable bonds is 3. The van der Waals surface area contributed by atoms with Crippen LogP contribution in [0.15, 0.2) is 35.7 Å². The van der Waals surface area contributed by atoms with Crippen molar-refractivity contribution in [2.75, 3.05) is 0 Å². The summed E-state index contributed by atoms with van der Waals surface area (Å²) in [5.41, 5.74) is 5.18. The predicted octanol–water partition coefficient (Wildman–Crippen LogP) is 4.47. The Bertz CT molecular complexity index is 1110. The summed E-state index contributed by atoms with van der Waals surface area (Å²) in [7, 11) is 1.87. The SMILES string of the molecule is Cc1ccc2cc(CSc3ncnc4c3cnn4C)c(Cl)nc2c1C. The fourth-order valence-electron chi connectivity index (χ4n) is 2.81. The first kappa shape index (κ1) is 16.3. The largest absolute Gasteiger partial charge is 0.250 e. The van der Waals surface area contributed by atoms with E-state index in [1.54, 1.807) is 29.0 Å². The number of hydrogen-bond donors (Lipinski definition) is 0. The van der Waals surface area contributed by atoms with Crippen molar-refractivity contribution in [3.63, 3.8) is 0 Å². The van der Waals surface area contributed by atoms with E-state index in [2.05, 4.69) is 52.1 Å². The van der Waals surface area contributed by atoms with E-state index in [1.807, 2.05) is 7.05 Å². The second kappa shape index (κ2) is 6.28. The maximum absolute atomic E-state index is 6.44. The molecule has 0 atom stereocenters. The van der Waals surface area contributed by atoms with Gasteiger partial charge in [-0.15, -0.1) is 11.8 Å². The lowest BCUT2D eigenvalue weighted by Gasteiger charge is -2.09. The molecular weight excluding hydrogens is 354 g/mol. The molecule has 5 nitrogen and oxygen atoms in total. The minimum absolute atomic E-state index is 0.546. The molecule has 1 aromatic carbocycles. The van der Waals surface area contributed by atoms with E-state index in [0.717, 1.165) is 32.5 Å². The average molecular weight is 370 g/mol. The van der Waals surface area contributed by atoms with Crippen molar-refractivity contribution in [2.24, 2.45) is 7.05 Å². The van der Waals surface area contributed by atoms with E-state index in [-0.39, 0.29) is 0 Å². The first-order valence-corrected chi connectivity index (χ1v) is 9.22. The van der Waals surface area contributed by atoms with Crippen molar-refractivity contribution >= 4 is 45.3 Å². The van der Waals surface area contributed by atoms with E-state index < -0.39 is 0 Å². The van der Waals surface area contributed by atoms with Crippen LogP contribution in [0.4, 0.5) is 0 Å². The van der Waals surface area contributed by atoms with E-state index in [4.69, 9.17) is 11.6 Å². The van der Waals surface area contributed by atoms with Gasteiger partial charge < -0.3 is 0 Å². The average Bonchev–Trinajstić information content (AvgIpc) is 2.99. The minimum Gasteiger partial charge on any atom is -0.250 e. The van der Waals surface area contributed by atoms with Gasteiger partial charge in [0.05, 0.1) is 17.1 Å². The fraction of sp³-hybridized carbons (Fsp3) is 0.222. The summed E-state index contributed by atoms with van der Waals surface area (Å²) in [5, 5.41) is 7.75. The molecule has 3 heterocycles. The van der Waals surface area contributed by atoms with Gasteiger partial charge in [-0.05, 0) is 31.0 Å². The molecule has 0 saturated carbocycles. The summed E-state index contributed by atoms with van der Waals surface area (Å²) in [5.74, 6) is 0.690. The first-order valence-electron chi connectivity index (χ1n) is 7.85. The Kier molecular flexibility index (Phi) is 4.09. The molecule has 0 radical (unpaired) electrons. The van der Waals surface area contributed by atoms with Crippen molar-refractivity contribution < 1.29 is 0 Å². The van der Waals surface area contributed by atoms with Gasteiger partial charge in [-0.1, -0.05) is 23.7 Å². The van der Waals surface area contributed by atoms with E-state index in [0.29, 0.717) is 10.9 Å². The Morgan fingerprint density at radius 2 is 2.04 bits per heavy atom. The molecule has 0 aliphatic carbocycles. The van der Waals surface area contributed by atoms with Crippen LogP contribution in [-0.2, 0) is 12.8 Å². The number of benzene rings is 1. The maximum Gasteiger partial charge on any atom is 0.162 e. The van der Waals surface area contributed by atoms with Gasteiger partial charge in [-0.25, -0.2) is 15.0 Å². The van der Waals surface area contributed by atoms with Gasteiger partial charge in [0.1, 0.15) is 16.5 Å². The number of hydrogen-bond acceptors (Lipinski definition) is 5. The van der Waals surface area contributed by atoms with Crippen molar-refractivity contribution in [3.8, 4) is 0 Å². The molecule has 0 N–H and O–H groups in total. The van der Waals surface area contributed by atoms with Crippen molar-refractivity contribution in [1.29, 1.82) is 0 Å². The number of fused-ring (bicyclic) bond motifs is 2. The summed E-state index contributed by atoms with van der Waals surface area (Å²) in [6, 6.07) is 6.33. The Hall–Kier alpha value is -2.18. The quantitative estimate of drug-likeness (QED) is 0.303. The lowest BCUT2D eigenvalue weighted by Crippen LogP contribution is -1.94. The molecule has 7 heteroatoms. The van der Waals surface area contributed by atoms with Crippen LogP contribution in [-0.4, -0.2) is 24.7 Å². The second-order valence-corrected chi connectivity index (χ2v) is 7.31. The maximum atomic E-state index is 6.44. The van der Waals surface area contributed by atoms with Crippen LogP contribution in [0.2, 0.25) is 5.15 Å². The molecule has 0 saturated heterocycles. The monoisotopic (exact) mass is 369 g/mol. The highest BCUT2D eigenvalue weighted by atomic mass is 35.5. The zero-order valence-corrected chi connectivity index (χ0v) is 15.7. The van der Waals surface area contributed by atoms with Crippen molar-refractivity contribution in [3.05, 3.63) is 52.6 Å². The molecule has 0 aliphatic rings. The Morgan fingerprint density at radius 3 is 2.88 bits per heavy atom. The zero-order chi connectivity index (χ0) is 17.6. The summed E-state index contributed by atoms with van der Waals surface area (Å²) < 4.78 is 1.75. The zero-order valence-electron chi connectivity index (χ0n) is 14.1. The molecule has 4 aromatic rings. The third kappa shape index (κ3) is 2.85. The van der Waals surface area contributed by atoms with Crippen LogP contribution < -0.4 is 0 Å². The second-order valence-electron chi connectivity index (χ2n) is 5.99. The van der Waals surface area contributed by atoms with Gasteiger partial charge in [0.15, 0.2) is 5.65 Å². The number of pyridine rings is 1. The summed E-state index contributed by atoms with van der Waals surface area (Å²) in [6.07, 6.45) is 3.36. The molecule has 0 fully saturated rings. The first-order chi connectivity index (χ1) is 12.0. The van der Waals surface area contributed by atoms with Crippen LogP contribution in [0.3, 0.4) is 0 Å². The smallest absolute Gasteiger partial charge is 0.162 e. The highest BCUT2D eigenvalue weighted by Crippen LogP contribution is 2.31. The predicted molar refractivity (Wildman–Crippen MR) is 102 cm³/mol. The molecule has 126 valence electrons. The molecule has 0 amide bonds. The Balaban J connectivity index is 1.68. The molecular formula is C18H16ClN5S. The number of thioether (sulfide) groups is 1. The summed E-state index contributed by atoms with van der Waals surface area (Å²) in [4.78, 5) is 13.3. The molecule has 25 heavy (non-hydrogen) atoms. The third-order valence-electron chi connectivity index (χ3n) is 4.39. The van der Waals surface area contributed by atoms with E-state index in [1.165, 1.54) is 11.1 Å². The molecule has 0 unspecified atom stereocenters. The topological polar surface area (TPSA) is 56.5 Å². The molecule has 0 spiro atoms. The van der Waals surface area contributed by atoms with E-state index in [9.17, 15) is 0 Å². The van der Waals surface area contributed by atoms with Crippen molar-refractivity contribution in [1.82, 2.24) is 24.7 Å². The Labute approximate surface area is 154 Å². The fourth-order valence-corrected chi connectivity index (χ4v) is 4.03. The van der Waals surface area contributed by atoms with Gasteiger partial charge in [0.25, 0.3) is 0 Å². The minimum atomic E-state index is 0.546. The van der Waals surface area contributed by atoms with Gasteiger partial charge in [0.2, 0.25) is 0 Å². The lowest BCUT2D eigenvalue weighted by molar-refractivity contribution is 0.784. The van der Waals surface area contributed by atoms with Crippen LogP contribution >= 0.6 is 23.4 Å². The van der Waals surface area contributed by atoms with Crippen LogP contribution in [0.5, 0.6) is 0 Å². The standard InChI is InChI=1S/C18H16ClN5S/c1-10-4-5-12-6-13(16(19)23-15(12)11(10)2)8-25-18-14-7-22-24(3)17(14)20-9-21-18/h4-7,9H,8H2,1-3H3. The molecule has 0 bridgehead atoms. The normalized spacial score (nSPS) is 11.5. The Morgan fingerprint density at radius 1 is 1.20 bits per heavy atom. The summed E-state index contributed by atoms with van der Waals surface area (Å²) >= 11 is 8.06. The number of aryl methyl sites for hydroxylation is 3.